The molecule has 1 atom stereocenters. The second-order valence-electron chi connectivity index (χ2n) is 2.26. The predicted octanol–water partition coefficient (Wildman–Crippen LogP) is -2.01. The Labute approximate surface area is 76.0 Å². The fourth-order valence-corrected chi connectivity index (χ4v) is 0.675. The third-order valence-electron chi connectivity index (χ3n) is 1.27. The van der Waals surface area contributed by atoms with Crippen LogP contribution in [0, 0.1) is 0 Å². The lowest BCUT2D eigenvalue weighted by atomic mass is 10.3. The van der Waals surface area contributed by atoms with Crippen molar-refractivity contribution in [3.63, 3.8) is 0 Å². The van der Waals surface area contributed by atoms with Crippen LogP contribution in [0.15, 0.2) is 0 Å². The van der Waals surface area contributed by atoms with Crippen LogP contribution in [0.4, 0.5) is 0 Å². The number of aliphatic hydroxyl groups is 1. The molecule has 4 N–H and O–H groups in total. The van der Waals surface area contributed by atoms with E-state index in [1.165, 1.54) is 0 Å². The normalized spacial score (nSPS) is 11.9. The number of nitrogens with two attached hydrogens (primary N) is 1. The number of rotatable bonds is 5. The summed E-state index contributed by atoms with van der Waals surface area (Å²) < 4.78 is 4.59. The molecule has 0 bridgehead atoms. The Morgan fingerprint density at radius 2 is 2.23 bits per heavy atom. The van der Waals surface area contributed by atoms with Gasteiger partial charge in [0.15, 0.2) is 6.04 Å². The van der Waals surface area contributed by atoms with Crippen molar-refractivity contribution >= 4 is 11.9 Å². The maximum Gasteiger partial charge on any atom is 0.331 e. The summed E-state index contributed by atoms with van der Waals surface area (Å²) in [7, 11) is 0. The van der Waals surface area contributed by atoms with Crippen LogP contribution in [0.3, 0.4) is 0 Å². The zero-order chi connectivity index (χ0) is 10.3. The lowest BCUT2D eigenvalue weighted by Gasteiger charge is -2.13. The van der Waals surface area contributed by atoms with Gasteiger partial charge in [0, 0.05) is 0 Å². The van der Waals surface area contributed by atoms with Gasteiger partial charge in [0.2, 0.25) is 5.91 Å². The van der Waals surface area contributed by atoms with Gasteiger partial charge in [0.05, 0.1) is 19.8 Å². The van der Waals surface area contributed by atoms with Gasteiger partial charge in [0.1, 0.15) is 0 Å². The van der Waals surface area contributed by atoms with E-state index in [1.54, 1.807) is 6.92 Å². The summed E-state index contributed by atoms with van der Waals surface area (Å²) in [5, 5.41) is 10.9. The Balaban J connectivity index is 4.01. The van der Waals surface area contributed by atoms with Crippen molar-refractivity contribution < 1.29 is 19.4 Å². The van der Waals surface area contributed by atoms with E-state index in [4.69, 9.17) is 10.8 Å². The highest BCUT2D eigenvalue weighted by molar-refractivity contribution is 5.85. The summed E-state index contributed by atoms with van der Waals surface area (Å²) in [5.74, 6) is -1.17. The molecule has 0 aromatic carbocycles. The Bertz CT molecular complexity index is 183. The largest absolute Gasteiger partial charge is 0.464 e. The zero-order valence-electron chi connectivity index (χ0n) is 7.45. The number of nitrogens with one attached hydrogen (secondary N) is 1. The van der Waals surface area contributed by atoms with E-state index in [9.17, 15) is 9.59 Å². The Morgan fingerprint density at radius 1 is 1.62 bits per heavy atom. The molecule has 13 heavy (non-hydrogen) atoms. The van der Waals surface area contributed by atoms with Crippen LogP contribution in [-0.4, -0.2) is 42.8 Å². The summed E-state index contributed by atoms with van der Waals surface area (Å²) in [6, 6.07) is -1.02. The van der Waals surface area contributed by atoms with E-state index in [2.05, 4.69) is 10.1 Å². The van der Waals surface area contributed by atoms with E-state index in [0.29, 0.717) is 0 Å². The first-order chi connectivity index (χ1) is 6.15. The molecule has 0 aliphatic rings. The minimum Gasteiger partial charge on any atom is -0.464 e. The van der Waals surface area contributed by atoms with Crippen molar-refractivity contribution in [3.8, 4) is 0 Å². The summed E-state index contributed by atoms with van der Waals surface area (Å²) in [4.78, 5) is 21.7. The molecule has 0 aliphatic heterocycles. The van der Waals surface area contributed by atoms with Crippen LogP contribution in [0.25, 0.3) is 0 Å². The van der Waals surface area contributed by atoms with Gasteiger partial charge in [-0.15, -0.1) is 0 Å². The molecule has 0 aromatic rings. The molecule has 0 rings (SSSR count). The molecule has 0 aromatic heterocycles. The quantitative estimate of drug-likeness (QED) is 0.434. The van der Waals surface area contributed by atoms with Gasteiger partial charge in [-0.25, -0.2) is 4.79 Å². The molecule has 76 valence electrons. The van der Waals surface area contributed by atoms with Crippen molar-refractivity contribution in [2.75, 3.05) is 19.8 Å². The summed E-state index contributed by atoms with van der Waals surface area (Å²) in [6.45, 7) is 1.12. The molecule has 0 radical (unpaired) electrons. The first-order valence-electron chi connectivity index (χ1n) is 3.92. The van der Waals surface area contributed by atoms with Crippen molar-refractivity contribution in [1.29, 1.82) is 0 Å². The number of aliphatic hydroxyl groups excluding tert-OH is 1. The predicted molar refractivity (Wildman–Crippen MR) is 44.7 cm³/mol. The highest BCUT2D eigenvalue weighted by Gasteiger charge is 2.19. The van der Waals surface area contributed by atoms with Crippen LogP contribution < -0.4 is 11.1 Å². The molecule has 0 heterocycles. The van der Waals surface area contributed by atoms with Crippen LogP contribution in [0.2, 0.25) is 0 Å². The smallest absolute Gasteiger partial charge is 0.331 e. The van der Waals surface area contributed by atoms with Gasteiger partial charge in [-0.3, -0.25) is 4.79 Å². The second kappa shape index (κ2) is 6.38. The molecule has 0 saturated carbocycles. The number of carbonyl (C=O) groups is 2. The third-order valence-corrected chi connectivity index (χ3v) is 1.27. The maximum atomic E-state index is 11.0. The van der Waals surface area contributed by atoms with Gasteiger partial charge in [-0.2, -0.15) is 0 Å². The molecule has 0 spiro atoms. The molecule has 0 aliphatic carbocycles. The average Bonchev–Trinajstić information content (AvgIpc) is 2.14. The minimum absolute atomic E-state index is 0.202. The number of carbonyl (C=O) groups excluding carboxylic acids is 2. The first-order valence-corrected chi connectivity index (χ1v) is 3.92. The average molecular weight is 190 g/mol. The second-order valence-corrected chi connectivity index (χ2v) is 2.26. The highest BCUT2D eigenvalue weighted by Crippen LogP contribution is 1.87. The number of amides is 1. The molecule has 0 unspecified atom stereocenters. The zero-order valence-corrected chi connectivity index (χ0v) is 7.45. The van der Waals surface area contributed by atoms with E-state index >= 15 is 0 Å². The molecule has 6 heteroatoms. The molecular formula is C7H14N2O4. The lowest BCUT2D eigenvalue weighted by molar-refractivity contribution is -0.148. The molecule has 0 saturated heterocycles. The number of hydrogen-bond acceptors (Lipinski definition) is 5. The van der Waals surface area contributed by atoms with Crippen molar-refractivity contribution in [1.82, 2.24) is 5.32 Å². The van der Waals surface area contributed by atoms with Gasteiger partial charge in [0.25, 0.3) is 0 Å². The van der Waals surface area contributed by atoms with Crippen molar-refractivity contribution in [2.24, 2.45) is 5.73 Å². The molecule has 1 amide bonds. The number of ether oxygens (including phenoxy) is 1. The minimum atomic E-state index is -1.02. The van der Waals surface area contributed by atoms with Gasteiger partial charge >= 0.3 is 5.97 Å². The Morgan fingerprint density at radius 3 is 2.62 bits per heavy atom. The fraction of sp³-hybridized carbons (Fsp3) is 0.714. The van der Waals surface area contributed by atoms with E-state index in [-0.39, 0.29) is 13.2 Å². The third kappa shape index (κ3) is 4.44. The summed E-state index contributed by atoms with van der Waals surface area (Å²) >= 11 is 0. The standard InChI is InChI=1S/C7H14N2O4/c1-2-13-7(12)5(4-10)9-6(11)3-8/h5,10H,2-4,8H2,1H3,(H,9,11)/t5-/m0/s1. The first kappa shape index (κ1) is 11.9. The topological polar surface area (TPSA) is 102 Å². The maximum absolute atomic E-state index is 11.0. The van der Waals surface area contributed by atoms with Gasteiger partial charge < -0.3 is 20.9 Å². The molecule has 0 fully saturated rings. The number of hydrogen-bond donors (Lipinski definition) is 3. The van der Waals surface area contributed by atoms with Crippen LogP contribution in [0.5, 0.6) is 0 Å². The van der Waals surface area contributed by atoms with Crippen LogP contribution >= 0.6 is 0 Å². The monoisotopic (exact) mass is 190 g/mol. The highest BCUT2D eigenvalue weighted by atomic mass is 16.5. The summed E-state index contributed by atoms with van der Waals surface area (Å²) in [6.07, 6.45) is 0. The van der Waals surface area contributed by atoms with E-state index < -0.39 is 24.5 Å². The molecule has 6 nitrogen and oxygen atoms in total. The summed E-state index contributed by atoms with van der Waals surface area (Å²) in [5.41, 5.74) is 5.00. The Kier molecular flexibility index (Phi) is 5.82. The Hall–Kier alpha value is -1.14. The van der Waals surface area contributed by atoms with Gasteiger partial charge in [-0.1, -0.05) is 0 Å². The van der Waals surface area contributed by atoms with Gasteiger partial charge in [-0.05, 0) is 6.92 Å². The fourth-order valence-electron chi connectivity index (χ4n) is 0.675. The van der Waals surface area contributed by atoms with Crippen molar-refractivity contribution in [2.45, 2.75) is 13.0 Å². The lowest BCUT2D eigenvalue weighted by Crippen LogP contribution is -2.46. The molecular weight excluding hydrogens is 176 g/mol. The SMILES string of the molecule is CCOC(=O)[C@H](CO)NC(=O)CN. The van der Waals surface area contributed by atoms with E-state index in [0.717, 1.165) is 0 Å². The van der Waals surface area contributed by atoms with E-state index in [1.807, 2.05) is 0 Å². The van der Waals surface area contributed by atoms with Crippen LogP contribution in [0.1, 0.15) is 6.92 Å². The van der Waals surface area contributed by atoms with Crippen molar-refractivity contribution in [3.05, 3.63) is 0 Å². The van der Waals surface area contributed by atoms with Crippen LogP contribution in [-0.2, 0) is 14.3 Å². The number of esters is 1.